The number of benzene rings is 2. The predicted octanol–water partition coefficient (Wildman–Crippen LogP) is 3.02. The molecule has 0 aliphatic carbocycles. The Bertz CT molecular complexity index is 690. The topological polar surface area (TPSA) is 55.4 Å². The minimum absolute atomic E-state index is 0.0988. The van der Waals surface area contributed by atoms with Crippen molar-refractivity contribution in [3.05, 3.63) is 70.3 Å². The first kappa shape index (κ1) is 15.8. The third kappa shape index (κ3) is 3.52. The average Bonchev–Trinajstić information content (AvgIpc) is 2.55. The molecule has 0 aliphatic heterocycles. The van der Waals surface area contributed by atoms with Gasteiger partial charge in [0.15, 0.2) is 0 Å². The lowest BCUT2D eigenvalue weighted by Crippen LogP contribution is -2.23. The van der Waals surface area contributed by atoms with E-state index in [2.05, 4.69) is 10.1 Å². The van der Waals surface area contributed by atoms with Crippen LogP contribution in [0.4, 0.5) is 0 Å². The van der Waals surface area contributed by atoms with Gasteiger partial charge < -0.3 is 10.1 Å². The first-order chi connectivity index (χ1) is 10.5. The van der Waals surface area contributed by atoms with Crippen LogP contribution in [0.1, 0.15) is 37.4 Å². The number of carbonyl (C=O) groups excluding carboxylic acids is 2. The van der Waals surface area contributed by atoms with Crippen molar-refractivity contribution in [2.45, 2.75) is 20.4 Å². The average molecular weight is 297 g/mol. The van der Waals surface area contributed by atoms with E-state index in [1.807, 2.05) is 32.0 Å². The van der Waals surface area contributed by atoms with Crippen LogP contribution >= 0.6 is 0 Å². The fourth-order valence-corrected chi connectivity index (χ4v) is 2.15. The number of hydrogen-bond donors (Lipinski definition) is 1. The Hall–Kier alpha value is -2.62. The molecule has 0 fully saturated rings. The van der Waals surface area contributed by atoms with Gasteiger partial charge in [-0.05, 0) is 48.7 Å². The van der Waals surface area contributed by atoms with Gasteiger partial charge in [-0.25, -0.2) is 4.79 Å². The van der Waals surface area contributed by atoms with Crippen LogP contribution in [-0.4, -0.2) is 19.0 Å². The monoisotopic (exact) mass is 297 g/mol. The summed E-state index contributed by atoms with van der Waals surface area (Å²) in [6, 6.07) is 12.7. The standard InChI is InChI=1S/C18H19NO3/c1-12-5-4-6-16(13(12)2)17(20)19-11-14-7-9-15(10-8-14)18(21)22-3/h4-10H,11H2,1-3H3,(H,19,20). The highest BCUT2D eigenvalue weighted by Crippen LogP contribution is 2.13. The molecule has 1 amide bonds. The van der Waals surface area contributed by atoms with Crippen molar-refractivity contribution >= 4 is 11.9 Å². The number of ether oxygens (including phenoxy) is 1. The molecule has 0 aromatic heterocycles. The van der Waals surface area contributed by atoms with Gasteiger partial charge in [0.25, 0.3) is 5.91 Å². The maximum atomic E-state index is 12.2. The quantitative estimate of drug-likeness (QED) is 0.883. The van der Waals surface area contributed by atoms with Crippen LogP contribution in [0.5, 0.6) is 0 Å². The molecule has 0 saturated carbocycles. The van der Waals surface area contributed by atoms with Gasteiger partial charge in [-0.2, -0.15) is 0 Å². The van der Waals surface area contributed by atoms with Gasteiger partial charge in [0.1, 0.15) is 0 Å². The van der Waals surface area contributed by atoms with Crippen LogP contribution in [0.25, 0.3) is 0 Å². The number of nitrogens with one attached hydrogen (secondary N) is 1. The molecule has 0 aliphatic rings. The summed E-state index contributed by atoms with van der Waals surface area (Å²) in [6.07, 6.45) is 0. The Labute approximate surface area is 130 Å². The largest absolute Gasteiger partial charge is 0.465 e. The molecule has 4 heteroatoms. The van der Waals surface area contributed by atoms with Gasteiger partial charge >= 0.3 is 5.97 Å². The van der Waals surface area contributed by atoms with Crippen LogP contribution in [0.2, 0.25) is 0 Å². The van der Waals surface area contributed by atoms with Gasteiger partial charge in [-0.15, -0.1) is 0 Å². The van der Waals surface area contributed by atoms with E-state index in [1.54, 1.807) is 24.3 Å². The lowest BCUT2D eigenvalue weighted by molar-refractivity contribution is 0.0600. The smallest absolute Gasteiger partial charge is 0.337 e. The molecular formula is C18H19NO3. The van der Waals surface area contributed by atoms with Gasteiger partial charge in [0.05, 0.1) is 12.7 Å². The molecule has 0 spiro atoms. The molecule has 4 nitrogen and oxygen atoms in total. The third-order valence-electron chi connectivity index (χ3n) is 3.68. The maximum Gasteiger partial charge on any atom is 0.337 e. The second-order valence-corrected chi connectivity index (χ2v) is 5.12. The van der Waals surface area contributed by atoms with E-state index in [1.165, 1.54) is 7.11 Å². The van der Waals surface area contributed by atoms with Gasteiger partial charge in [-0.3, -0.25) is 4.79 Å². The number of rotatable bonds is 4. The normalized spacial score (nSPS) is 10.1. The maximum absolute atomic E-state index is 12.2. The second-order valence-electron chi connectivity index (χ2n) is 5.12. The number of methoxy groups -OCH3 is 1. The fraction of sp³-hybridized carbons (Fsp3) is 0.222. The van der Waals surface area contributed by atoms with Crippen LogP contribution in [0.3, 0.4) is 0 Å². The summed E-state index contributed by atoms with van der Waals surface area (Å²) in [7, 11) is 1.35. The van der Waals surface area contributed by atoms with Crippen LogP contribution in [0.15, 0.2) is 42.5 Å². The fourth-order valence-electron chi connectivity index (χ4n) is 2.15. The summed E-state index contributed by atoms with van der Waals surface area (Å²) in [4.78, 5) is 23.6. The number of amides is 1. The zero-order chi connectivity index (χ0) is 16.1. The molecule has 0 saturated heterocycles. The molecular weight excluding hydrogens is 278 g/mol. The highest BCUT2D eigenvalue weighted by Gasteiger charge is 2.10. The van der Waals surface area contributed by atoms with Gasteiger partial charge in [0.2, 0.25) is 0 Å². The first-order valence-corrected chi connectivity index (χ1v) is 7.04. The Kier molecular flexibility index (Phi) is 4.94. The lowest BCUT2D eigenvalue weighted by atomic mass is 10.0. The molecule has 0 heterocycles. The molecule has 2 aromatic carbocycles. The second kappa shape index (κ2) is 6.89. The van der Waals surface area contributed by atoms with Gasteiger partial charge in [0, 0.05) is 12.1 Å². The Morgan fingerprint density at radius 3 is 2.36 bits per heavy atom. The first-order valence-electron chi connectivity index (χ1n) is 7.04. The number of esters is 1. The molecule has 2 aromatic rings. The highest BCUT2D eigenvalue weighted by atomic mass is 16.5. The summed E-state index contributed by atoms with van der Waals surface area (Å²) >= 11 is 0. The van der Waals surface area contributed by atoms with Crippen LogP contribution in [0, 0.1) is 13.8 Å². The Balaban J connectivity index is 2.02. The minimum Gasteiger partial charge on any atom is -0.465 e. The summed E-state index contributed by atoms with van der Waals surface area (Å²) in [5.41, 5.74) is 4.18. The molecule has 0 radical (unpaired) electrons. The van der Waals surface area contributed by atoms with Crippen molar-refractivity contribution < 1.29 is 14.3 Å². The van der Waals surface area contributed by atoms with E-state index in [-0.39, 0.29) is 11.9 Å². The van der Waals surface area contributed by atoms with Crippen molar-refractivity contribution in [2.75, 3.05) is 7.11 Å². The zero-order valence-electron chi connectivity index (χ0n) is 13.0. The summed E-state index contributed by atoms with van der Waals surface area (Å²) < 4.78 is 4.65. The molecule has 114 valence electrons. The van der Waals surface area contributed by atoms with E-state index >= 15 is 0 Å². The summed E-state index contributed by atoms with van der Waals surface area (Å²) in [5.74, 6) is -0.468. The Morgan fingerprint density at radius 1 is 1.05 bits per heavy atom. The van der Waals surface area contributed by atoms with Crippen molar-refractivity contribution in [3.8, 4) is 0 Å². The Morgan fingerprint density at radius 2 is 1.73 bits per heavy atom. The minimum atomic E-state index is -0.369. The molecule has 2 rings (SSSR count). The van der Waals surface area contributed by atoms with Gasteiger partial charge in [-0.1, -0.05) is 24.3 Å². The third-order valence-corrected chi connectivity index (χ3v) is 3.68. The van der Waals surface area contributed by atoms with Crippen molar-refractivity contribution in [2.24, 2.45) is 0 Å². The van der Waals surface area contributed by atoms with E-state index in [0.29, 0.717) is 17.7 Å². The van der Waals surface area contributed by atoms with Crippen LogP contribution < -0.4 is 5.32 Å². The molecule has 22 heavy (non-hydrogen) atoms. The zero-order valence-corrected chi connectivity index (χ0v) is 13.0. The predicted molar refractivity (Wildman–Crippen MR) is 84.9 cm³/mol. The summed E-state index contributed by atoms with van der Waals surface area (Å²) in [6.45, 7) is 4.33. The number of hydrogen-bond acceptors (Lipinski definition) is 3. The van der Waals surface area contributed by atoms with E-state index in [9.17, 15) is 9.59 Å². The van der Waals surface area contributed by atoms with Crippen molar-refractivity contribution in [1.29, 1.82) is 0 Å². The molecule has 0 atom stereocenters. The number of carbonyl (C=O) groups is 2. The highest BCUT2D eigenvalue weighted by molar-refractivity contribution is 5.95. The van der Waals surface area contributed by atoms with Crippen LogP contribution in [-0.2, 0) is 11.3 Å². The van der Waals surface area contributed by atoms with E-state index < -0.39 is 0 Å². The van der Waals surface area contributed by atoms with Crippen molar-refractivity contribution in [1.82, 2.24) is 5.32 Å². The lowest BCUT2D eigenvalue weighted by Gasteiger charge is -2.10. The molecule has 0 unspecified atom stereocenters. The SMILES string of the molecule is COC(=O)c1ccc(CNC(=O)c2cccc(C)c2C)cc1. The summed E-state index contributed by atoms with van der Waals surface area (Å²) in [5, 5.41) is 2.89. The molecule has 1 N–H and O–H groups in total. The number of aryl methyl sites for hydroxylation is 1. The molecule has 0 bridgehead atoms. The van der Waals surface area contributed by atoms with Crippen molar-refractivity contribution in [3.63, 3.8) is 0 Å². The van der Waals surface area contributed by atoms with E-state index in [0.717, 1.165) is 16.7 Å². The van der Waals surface area contributed by atoms with E-state index in [4.69, 9.17) is 0 Å².